The second kappa shape index (κ2) is 8.95. The molecule has 0 N–H and O–H groups in total. The molecule has 0 bridgehead atoms. The van der Waals surface area contributed by atoms with Crippen LogP contribution in [0.25, 0.3) is 6.08 Å². The van der Waals surface area contributed by atoms with Gasteiger partial charge in [0.1, 0.15) is 5.75 Å². The number of carbonyl (C=O) groups is 2. The van der Waals surface area contributed by atoms with Crippen molar-refractivity contribution >= 4 is 56.5 Å². The molecule has 1 saturated heterocycles. The van der Waals surface area contributed by atoms with E-state index in [2.05, 4.69) is 15.9 Å². The first-order valence-corrected chi connectivity index (χ1v) is 10.4. The molecule has 4 nitrogen and oxygen atoms in total. The van der Waals surface area contributed by atoms with E-state index < -0.39 is 0 Å². The maximum atomic E-state index is 12.7. The lowest BCUT2D eigenvalue weighted by Crippen LogP contribution is -2.27. The third kappa shape index (κ3) is 4.94. The summed E-state index contributed by atoms with van der Waals surface area (Å²) in [5, 5.41) is 0.328. The molecule has 0 atom stereocenters. The highest BCUT2D eigenvalue weighted by Crippen LogP contribution is 2.35. The van der Waals surface area contributed by atoms with Crippen molar-refractivity contribution in [2.24, 2.45) is 0 Å². The first kappa shape index (κ1) is 20.0. The van der Waals surface area contributed by atoms with Crippen LogP contribution in [0, 0.1) is 0 Å². The Bertz CT molecular complexity index is 899. The Labute approximate surface area is 175 Å². The van der Waals surface area contributed by atoms with Crippen LogP contribution in [0.15, 0.2) is 51.8 Å². The molecule has 0 saturated carbocycles. The minimum absolute atomic E-state index is 0.219. The number of benzene rings is 2. The molecule has 0 aliphatic carbocycles. The number of ether oxygens (including phenoxy) is 1. The summed E-state index contributed by atoms with van der Waals surface area (Å²) < 4.78 is 6.62. The quantitative estimate of drug-likeness (QED) is 0.481. The summed E-state index contributed by atoms with van der Waals surface area (Å²) in [5.74, 6) is 0.380. The molecular weight excluding hydrogens is 450 g/mol. The topological polar surface area (TPSA) is 46.6 Å². The van der Waals surface area contributed by atoms with Crippen LogP contribution in [-0.2, 0) is 11.3 Å². The molecular formula is C20H17BrClNO3S. The number of amides is 2. The number of thioether (sulfide) groups is 1. The van der Waals surface area contributed by atoms with Gasteiger partial charge in [-0.25, -0.2) is 0 Å². The molecule has 0 aromatic heterocycles. The van der Waals surface area contributed by atoms with Gasteiger partial charge in [0.05, 0.1) is 18.1 Å². The van der Waals surface area contributed by atoms with Gasteiger partial charge in [0.2, 0.25) is 0 Å². The fourth-order valence-corrected chi connectivity index (χ4v) is 3.86. The molecule has 1 fully saturated rings. The van der Waals surface area contributed by atoms with Gasteiger partial charge in [0.25, 0.3) is 11.1 Å². The molecule has 0 spiro atoms. The number of carbonyl (C=O) groups excluding carboxylic acids is 2. The van der Waals surface area contributed by atoms with Crippen molar-refractivity contribution in [3.8, 4) is 5.75 Å². The van der Waals surface area contributed by atoms with Gasteiger partial charge >= 0.3 is 0 Å². The first-order valence-electron chi connectivity index (χ1n) is 8.40. The molecule has 1 heterocycles. The maximum Gasteiger partial charge on any atom is 0.293 e. The predicted octanol–water partition coefficient (Wildman–Crippen LogP) is 6.13. The van der Waals surface area contributed by atoms with Crippen molar-refractivity contribution in [1.29, 1.82) is 0 Å². The minimum Gasteiger partial charge on any atom is -0.493 e. The van der Waals surface area contributed by atoms with Crippen molar-refractivity contribution in [1.82, 2.24) is 4.90 Å². The molecule has 0 unspecified atom stereocenters. The van der Waals surface area contributed by atoms with Crippen molar-refractivity contribution in [2.45, 2.75) is 19.9 Å². The molecule has 140 valence electrons. The zero-order chi connectivity index (χ0) is 19.4. The van der Waals surface area contributed by atoms with Crippen molar-refractivity contribution < 1.29 is 14.3 Å². The van der Waals surface area contributed by atoms with Gasteiger partial charge in [-0.1, -0.05) is 46.6 Å². The van der Waals surface area contributed by atoms with E-state index in [0.29, 0.717) is 22.3 Å². The van der Waals surface area contributed by atoms with Crippen LogP contribution in [0.5, 0.6) is 5.75 Å². The summed E-state index contributed by atoms with van der Waals surface area (Å²) in [5.41, 5.74) is 1.60. The smallest absolute Gasteiger partial charge is 0.293 e. The van der Waals surface area contributed by atoms with Crippen molar-refractivity contribution in [3.63, 3.8) is 0 Å². The lowest BCUT2D eigenvalue weighted by Gasteiger charge is -2.12. The summed E-state index contributed by atoms with van der Waals surface area (Å²) in [6.45, 7) is 2.83. The summed E-state index contributed by atoms with van der Waals surface area (Å²) in [6.07, 6.45) is 2.59. The van der Waals surface area contributed by atoms with E-state index >= 15 is 0 Å². The number of halogens is 2. The Kier molecular flexibility index (Phi) is 6.63. The third-order valence-corrected chi connectivity index (χ3v) is 5.50. The molecule has 1 aliphatic rings. The predicted molar refractivity (Wildman–Crippen MR) is 113 cm³/mol. The molecule has 0 radical (unpaired) electrons. The molecule has 2 aromatic carbocycles. The van der Waals surface area contributed by atoms with E-state index in [9.17, 15) is 9.59 Å². The first-order chi connectivity index (χ1) is 13.0. The van der Waals surface area contributed by atoms with Crippen LogP contribution in [0.2, 0.25) is 5.02 Å². The number of imide groups is 1. The van der Waals surface area contributed by atoms with Crippen molar-refractivity contribution in [2.75, 3.05) is 6.61 Å². The minimum atomic E-state index is -0.304. The Morgan fingerprint density at radius 2 is 1.93 bits per heavy atom. The summed E-state index contributed by atoms with van der Waals surface area (Å²) in [4.78, 5) is 26.7. The van der Waals surface area contributed by atoms with Gasteiger partial charge < -0.3 is 4.74 Å². The van der Waals surface area contributed by atoms with Gasteiger partial charge in [-0.05, 0) is 60.2 Å². The van der Waals surface area contributed by atoms with E-state index in [1.54, 1.807) is 30.3 Å². The van der Waals surface area contributed by atoms with Crippen LogP contribution in [-0.4, -0.2) is 22.7 Å². The third-order valence-electron chi connectivity index (χ3n) is 3.85. The molecule has 3 rings (SSSR count). The van der Waals surface area contributed by atoms with E-state index in [-0.39, 0.29) is 17.7 Å². The number of hydrogen-bond acceptors (Lipinski definition) is 4. The largest absolute Gasteiger partial charge is 0.493 e. The number of rotatable bonds is 6. The highest BCUT2D eigenvalue weighted by Gasteiger charge is 2.35. The number of nitrogens with zero attached hydrogens (tertiary/aromatic N) is 1. The van der Waals surface area contributed by atoms with E-state index in [0.717, 1.165) is 33.8 Å². The lowest BCUT2D eigenvalue weighted by molar-refractivity contribution is -0.123. The zero-order valence-corrected chi connectivity index (χ0v) is 17.7. The Morgan fingerprint density at radius 3 is 2.63 bits per heavy atom. The van der Waals surface area contributed by atoms with Gasteiger partial charge in [-0.15, -0.1) is 0 Å². The van der Waals surface area contributed by atoms with Gasteiger partial charge in [-0.3, -0.25) is 14.5 Å². The summed E-state index contributed by atoms with van der Waals surface area (Å²) in [6, 6.07) is 12.7. The highest BCUT2D eigenvalue weighted by atomic mass is 79.9. The lowest BCUT2D eigenvalue weighted by atomic mass is 10.1. The monoisotopic (exact) mass is 465 g/mol. The SMILES string of the molecule is CCCOc1ccc(Br)cc1/C=C1/SC(=O)N(Cc2ccc(Cl)cc2)C1=O. The summed E-state index contributed by atoms with van der Waals surface area (Å²) >= 11 is 10.3. The Balaban J connectivity index is 1.84. The molecule has 7 heteroatoms. The molecule has 27 heavy (non-hydrogen) atoms. The van der Waals surface area contributed by atoms with Gasteiger partial charge in [0.15, 0.2) is 0 Å². The molecule has 2 amide bonds. The van der Waals surface area contributed by atoms with Gasteiger partial charge in [-0.2, -0.15) is 0 Å². The highest BCUT2D eigenvalue weighted by molar-refractivity contribution is 9.10. The van der Waals surface area contributed by atoms with E-state index in [1.807, 2.05) is 25.1 Å². The van der Waals surface area contributed by atoms with Crippen LogP contribution < -0.4 is 4.74 Å². The summed E-state index contributed by atoms with van der Waals surface area (Å²) in [7, 11) is 0. The Hall–Kier alpha value is -1.76. The van der Waals surface area contributed by atoms with Crippen LogP contribution in [0.1, 0.15) is 24.5 Å². The fourth-order valence-electron chi connectivity index (χ4n) is 2.53. The van der Waals surface area contributed by atoms with Crippen LogP contribution in [0.4, 0.5) is 4.79 Å². The zero-order valence-electron chi connectivity index (χ0n) is 14.6. The second-order valence-electron chi connectivity index (χ2n) is 5.92. The maximum absolute atomic E-state index is 12.7. The van der Waals surface area contributed by atoms with Crippen molar-refractivity contribution in [3.05, 3.63) is 68.0 Å². The van der Waals surface area contributed by atoms with E-state index in [1.165, 1.54) is 4.90 Å². The van der Waals surface area contributed by atoms with Crippen LogP contribution in [0.3, 0.4) is 0 Å². The van der Waals surface area contributed by atoms with E-state index in [4.69, 9.17) is 16.3 Å². The molecule has 1 aliphatic heterocycles. The van der Waals surface area contributed by atoms with Gasteiger partial charge in [0, 0.05) is 15.1 Å². The van der Waals surface area contributed by atoms with Crippen LogP contribution >= 0.6 is 39.3 Å². The normalized spacial score (nSPS) is 15.7. The Morgan fingerprint density at radius 1 is 1.19 bits per heavy atom. The second-order valence-corrected chi connectivity index (χ2v) is 8.27. The molecule has 2 aromatic rings. The standard InChI is InChI=1S/C20H17BrClNO3S/c1-2-9-26-17-8-5-15(21)10-14(17)11-18-19(24)23(20(25)27-18)12-13-3-6-16(22)7-4-13/h3-8,10-11H,2,9,12H2,1H3/b18-11+. The average Bonchev–Trinajstić information content (AvgIpc) is 2.90. The number of hydrogen-bond donors (Lipinski definition) is 0. The fraction of sp³-hybridized carbons (Fsp3) is 0.200. The average molecular weight is 467 g/mol.